The molecule has 2 aromatic carbocycles. The van der Waals surface area contributed by atoms with E-state index in [2.05, 4.69) is 36.4 Å². The molecule has 126 valence electrons. The molecule has 2 aromatic rings. The lowest BCUT2D eigenvalue weighted by molar-refractivity contribution is 0.0991. The van der Waals surface area contributed by atoms with Crippen molar-refractivity contribution in [3.63, 3.8) is 0 Å². The van der Waals surface area contributed by atoms with Gasteiger partial charge in [0.2, 0.25) is 0 Å². The maximum atomic E-state index is 2.49. The van der Waals surface area contributed by atoms with Crippen LogP contribution in [0.15, 0.2) is 41.3 Å². The molecule has 0 nitrogen and oxygen atoms in total. The van der Waals surface area contributed by atoms with E-state index in [1.54, 1.807) is 10.5 Å². The van der Waals surface area contributed by atoms with E-state index in [9.17, 15) is 0 Å². The third-order valence-electron chi connectivity index (χ3n) is 6.93. The minimum Gasteiger partial charge on any atom is -0.0584 e. The van der Waals surface area contributed by atoms with Crippen molar-refractivity contribution in [1.29, 1.82) is 0 Å². The summed E-state index contributed by atoms with van der Waals surface area (Å²) >= 11 is 0. The van der Waals surface area contributed by atoms with Crippen LogP contribution in [0.2, 0.25) is 0 Å². The van der Waals surface area contributed by atoms with Crippen molar-refractivity contribution < 1.29 is 0 Å². The maximum Gasteiger partial charge on any atom is 0.155 e. The summed E-state index contributed by atoms with van der Waals surface area (Å²) in [6, 6.07) is 14.6. The molecule has 0 amide bonds. The molecule has 4 fully saturated rings. The summed E-state index contributed by atoms with van der Waals surface area (Å²) in [6.45, 7) is 0. The van der Waals surface area contributed by atoms with Crippen LogP contribution in [0.25, 0.3) is 10.8 Å². The third kappa shape index (κ3) is 2.90. The zero-order chi connectivity index (χ0) is 15.9. The predicted octanol–water partition coefficient (Wildman–Crippen LogP) is 5.98. The topological polar surface area (TPSA) is 0 Å². The summed E-state index contributed by atoms with van der Waals surface area (Å²) in [5.41, 5.74) is 1.58. The summed E-state index contributed by atoms with van der Waals surface area (Å²) in [6.07, 6.45) is 11.7. The standard InChI is InChI=1S/C23H29S/c1-2-12-24(11-1)23-10-9-20-14-18(5-8-21(20)16-23)15-22-13-17-3-6-19(22)7-4-17/h5,8-10,14,16-17,19,22H,1-4,6-7,11-13,15H2/q+1. The maximum absolute atomic E-state index is 2.49. The van der Waals surface area contributed by atoms with Crippen LogP contribution in [0.5, 0.6) is 0 Å². The summed E-state index contributed by atoms with van der Waals surface area (Å²) in [5.74, 6) is 5.89. The van der Waals surface area contributed by atoms with Gasteiger partial charge in [0, 0.05) is 17.0 Å². The molecule has 0 aromatic heterocycles. The van der Waals surface area contributed by atoms with Crippen LogP contribution in [0.1, 0.15) is 50.5 Å². The zero-order valence-electron chi connectivity index (χ0n) is 14.7. The largest absolute Gasteiger partial charge is 0.155 e. The minimum atomic E-state index is 0.541. The third-order valence-corrected chi connectivity index (χ3v) is 9.42. The fraction of sp³-hybridized carbons (Fsp3) is 0.565. The van der Waals surface area contributed by atoms with Gasteiger partial charge in [-0.2, -0.15) is 0 Å². The molecule has 3 saturated carbocycles. The molecule has 1 saturated heterocycles. The highest BCUT2D eigenvalue weighted by molar-refractivity contribution is 7.97. The molecular formula is C23H29S+. The lowest BCUT2D eigenvalue weighted by Crippen LogP contribution is -2.32. The minimum absolute atomic E-state index is 0.541. The summed E-state index contributed by atoms with van der Waals surface area (Å²) in [4.78, 5) is 1.61. The van der Waals surface area contributed by atoms with E-state index in [1.165, 1.54) is 73.6 Å². The number of hydrogen-bond acceptors (Lipinski definition) is 0. The van der Waals surface area contributed by atoms with Crippen molar-refractivity contribution in [1.82, 2.24) is 0 Å². The number of benzene rings is 2. The fourth-order valence-corrected chi connectivity index (χ4v) is 7.87. The molecule has 1 atom stereocenters. The van der Waals surface area contributed by atoms with Crippen molar-refractivity contribution in [2.75, 3.05) is 11.5 Å². The van der Waals surface area contributed by atoms with Crippen molar-refractivity contribution >= 4 is 21.7 Å². The highest BCUT2D eigenvalue weighted by Gasteiger charge is 2.35. The van der Waals surface area contributed by atoms with Crippen molar-refractivity contribution in [2.24, 2.45) is 17.8 Å². The van der Waals surface area contributed by atoms with Gasteiger partial charge < -0.3 is 0 Å². The predicted molar refractivity (Wildman–Crippen MR) is 106 cm³/mol. The monoisotopic (exact) mass is 337 g/mol. The SMILES string of the molecule is c1cc2cc([S+]3CCCC3)ccc2cc1CC1CC2CCC1CC2. The van der Waals surface area contributed by atoms with Gasteiger partial charge in [-0.05, 0) is 84.7 Å². The van der Waals surface area contributed by atoms with Gasteiger partial charge in [-0.15, -0.1) is 0 Å². The van der Waals surface area contributed by atoms with Gasteiger partial charge in [-0.1, -0.05) is 31.0 Å². The van der Waals surface area contributed by atoms with Crippen molar-refractivity contribution in [3.05, 3.63) is 42.0 Å². The molecule has 1 heterocycles. The molecule has 1 aliphatic heterocycles. The lowest BCUT2D eigenvalue weighted by Gasteiger charge is -2.42. The van der Waals surface area contributed by atoms with Crippen molar-refractivity contribution in [3.8, 4) is 0 Å². The summed E-state index contributed by atoms with van der Waals surface area (Å²) in [5, 5.41) is 2.92. The quantitative estimate of drug-likeness (QED) is 0.604. The summed E-state index contributed by atoms with van der Waals surface area (Å²) in [7, 11) is 0.541. The Bertz CT molecular complexity index is 720. The average Bonchev–Trinajstić information content (AvgIpc) is 3.17. The Labute approximate surface area is 149 Å². The molecule has 24 heavy (non-hydrogen) atoms. The molecule has 0 N–H and O–H groups in total. The van der Waals surface area contributed by atoms with Gasteiger partial charge in [-0.25, -0.2) is 0 Å². The second kappa shape index (κ2) is 6.41. The Morgan fingerprint density at radius 2 is 1.58 bits per heavy atom. The van der Waals surface area contributed by atoms with E-state index in [4.69, 9.17) is 0 Å². The van der Waals surface area contributed by atoms with E-state index in [-0.39, 0.29) is 0 Å². The van der Waals surface area contributed by atoms with Gasteiger partial charge in [0.05, 0.1) is 0 Å². The Balaban J connectivity index is 1.36. The normalized spacial score (nSPS) is 30.2. The van der Waals surface area contributed by atoms with Crippen LogP contribution in [-0.2, 0) is 17.3 Å². The van der Waals surface area contributed by atoms with Crippen LogP contribution in [-0.4, -0.2) is 11.5 Å². The van der Waals surface area contributed by atoms with E-state index in [1.807, 2.05) is 0 Å². The van der Waals surface area contributed by atoms with Crippen LogP contribution in [0.3, 0.4) is 0 Å². The molecule has 6 rings (SSSR count). The van der Waals surface area contributed by atoms with E-state index < -0.39 is 0 Å². The first-order valence-electron chi connectivity index (χ1n) is 10.1. The molecule has 0 spiro atoms. The van der Waals surface area contributed by atoms with Gasteiger partial charge in [0.1, 0.15) is 11.5 Å². The van der Waals surface area contributed by atoms with Gasteiger partial charge in [0.25, 0.3) is 0 Å². The second-order valence-electron chi connectivity index (χ2n) is 8.43. The zero-order valence-corrected chi connectivity index (χ0v) is 15.5. The molecular weight excluding hydrogens is 308 g/mol. The Hall–Kier alpha value is -0.950. The highest BCUT2D eigenvalue weighted by Crippen LogP contribution is 2.46. The van der Waals surface area contributed by atoms with E-state index >= 15 is 0 Å². The van der Waals surface area contributed by atoms with Crippen LogP contribution >= 0.6 is 0 Å². The Kier molecular flexibility index (Phi) is 4.09. The van der Waals surface area contributed by atoms with Gasteiger partial charge in [0.15, 0.2) is 4.90 Å². The molecule has 1 unspecified atom stereocenters. The Morgan fingerprint density at radius 1 is 0.833 bits per heavy atom. The van der Waals surface area contributed by atoms with Crippen LogP contribution < -0.4 is 0 Å². The number of hydrogen-bond donors (Lipinski definition) is 0. The smallest absolute Gasteiger partial charge is 0.0584 e. The molecule has 0 radical (unpaired) electrons. The first kappa shape index (κ1) is 15.3. The summed E-state index contributed by atoms with van der Waals surface area (Å²) < 4.78 is 0. The number of fused-ring (bicyclic) bond motifs is 4. The first-order valence-corrected chi connectivity index (χ1v) is 11.6. The fourth-order valence-electron chi connectivity index (χ4n) is 5.54. The van der Waals surface area contributed by atoms with Crippen LogP contribution in [0, 0.1) is 17.8 Å². The lowest BCUT2D eigenvalue weighted by atomic mass is 9.63. The Morgan fingerprint density at radius 3 is 2.33 bits per heavy atom. The first-order chi connectivity index (χ1) is 11.8. The number of rotatable bonds is 3. The molecule has 4 aliphatic rings. The molecule has 1 heteroatoms. The average molecular weight is 338 g/mol. The molecule has 2 bridgehead atoms. The molecule has 3 aliphatic carbocycles. The van der Waals surface area contributed by atoms with Crippen LogP contribution in [0.4, 0.5) is 0 Å². The van der Waals surface area contributed by atoms with E-state index in [0.29, 0.717) is 10.9 Å². The second-order valence-corrected chi connectivity index (χ2v) is 10.7. The van der Waals surface area contributed by atoms with Gasteiger partial charge in [-0.3, -0.25) is 0 Å². The van der Waals surface area contributed by atoms with Gasteiger partial charge >= 0.3 is 0 Å². The van der Waals surface area contributed by atoms with E-state index in [0.717, 1.165) is 17.8 Å². The van der Waals surface area contributed by atoms with Crippen molar-refractivity contribution in [2.45, 2.75) is 56.3 Å². The highest BCUT2D eigenvalue weighted by atomic mass is 32.2.